The summed E-state index contributed by atoms with van der Waals surface area (Å²) in [6.07, 6.45) is 10.7. The van der Waals surface area contributed by atoms with Gasteiger partial charge in [-0.15, -0.1) is 0 Å². The van der Waals surface area contributed by atoms with Gasteiger partial charge in [0.15, 0.2) is 0 Å². The van der Waals surface area contributed by atoms with Crippen molar-refractivity contribution in [2.24, 2.45) is 0 Å². The van der Waals surface area contributed by atoms with Gasteiger partial charge in [0.05, 0.1) is 5.56 Å². The SMILES string of the molecule is CCCCCCCc1ccc(OC(=O)c2ccc(OC(=O)CCCCC)cc2)cc1. The van der Waals surface area contributed by atoms with Gasteiger partial charge in [0.1, 0.15) is 11.5 Å². The lowest BCUT2D eigenvalue weighted by molar-refractivity contribution is -0.134. The number of carbonyl (C=O) groups excluding carboxylic acids is 2. The molecule has 0 aliphatic rings. The maximum Gasteiger partial charge on any atom is 0.343 e. The summed E-state index contributed by atoms with van der Waals surface area (Å²) in [6, 6.07) is 14.2. The Morgan fingerprint density at radius 3 is 1.90 bits per heavy atom. The lowest BCUT2D eigenvalue weighted by Crippen LogP contribution is -2.10. The number of esters is 2. The van der Waals surface area contributed by atoms with Crippen LogP contribution in [0.4, 0.5) is 0 Å². The third-order valence-corrected chi connectivity index (χ3v) is 5.01. The molecule has 0 aliphatic carbocycles. The Morgan fingerprint density at radius 2 is 1.23 bits per heavy atom. The molecule has 0 aromatic heterocycles. The highest BCUT2D eigenvalue weighted by Gasteiger charge is 2.10. The fourth-order valence-electron chi connectivity index (χ4n) is 3.18. The number of carbonyl (C=O) groups is 2. The van der Waals surface area contributed by atoms with Crippen LogP contribution in [0.3, 0.4) is 0 Å². The first kappa shape index (κ1) is 23.7. The van der Waals surface area contributed by atoms with Gasteiger partial charge in [-0.25, -0.2) is 4.79 Å². The maximum atomic E-state index is 12.3. The molecule has 0 atom stereocenters. The number of hydrogen-bond donors (Lipinski definition) is 0. The standard InChI is InChI=1S/C26H34O4/c1-3-5-7-8-10-11-21-13-17-24(18-14-21)30-26(28)22-15-19-23(20-16-22)29-25(27)12-9-6-4-2/h13-20H,3-12H2,1-2H3. The lowest BCUT2D eigenvalue weighted by Gasteiger charge is -2.07. The van der Waals surface area contributed by atoms with Crippen LogP contribution < -0.4 is 9.47 Å². The Balaban J connectivity index is 1.79. The number of benzene rings is 2. The number of aryl methyl sites for hydroxylation is 1. The van der Waals surface area contributed by atoms with E-state index in [4.69, 9.17) is 9.47 Å². The summed E-state index contributed by atoms with van der Waals surface area (Å²) in [4.78, 5) is 24.1. The van der Waals surface area contributed by atoms with Crippen LogP contribution in [0.5, 0.6) is 11.5 Å². The minimum absolute atomic E-state index is 0.246. The van der Waals surface area contributed by atoms with Crippen molar-refractivity contribution in [3.63, 3.8) is 0 Å². The molecule has 0 N–H and O–H groups in total. The molecule has 4 heteroatoms. The monoisotopic (exact) mass is 410 g/mol. The summed E-state index contributed by atoms with van der Waals surface area (Å²) in [7, 11) is 0. The predicted octanol–water partition coefficient (Wildman–Crippen LogP) is 6.90. The number of unbranched alkanes of at least 4 members (excludes halogenated alkanes) is 6. The molecule has 2 aromatic carbocycles. The average molecular weight is 411 g/mol. The summed E-state index contributed by atoms with van der Waals surface area (Å²) < 4.78 is 10.7. The average Bonchev–Trinajstić information content (AvgIpc) is 2.75. The molecule has 0 bridgehead atoms. The molecule has 0 amide bonds. The van der Waals surface area contributed by atoms with Crippen molar-refractivity contribution in [2.45, 2.75) is 78.1 Å². The van der Waals surface area contributed by atoms with Crippen molar-refractivity contribution in [1.82, 2.24) is 0 Å². The highest BCUT2D eigenvalue weighted by molar-refractivity contribution is 5.91. The molecule has 0 fully saturated rings. The molecule has 30 heavy (non-hydrogen) atoms. The first-order chi connectivity index (χ1) is 14.6. The van der Waals surface area contributed by atoms with Crippen LogP contribution in [0.2, 0.25) is 0 Å². The number of ether oxygens (including phenoxy) is 2. The first-order valence-corrected chi connectivity index (χ1v) is 11.2. The summed E-state index contributed by atoms with van der Waals surface area (Å²) in [5, 5.41) is 0. The van der Waals surface area contributed by atoms with E-state index in [1.165, 1.54) is 37.7 Å². The molecule has 0 spiro atoms. The minimum atomic E-state index is -0.428. The molecule has 0 unspecified atom stereocenters. The Labute approximate surface area is 180 Å². The van der Waals surface area contributed by atoms with Crippen molar-refractivity contribution in [3.05, 3.63) is 59.7 Å². The third-order valence-electron chi connectivity index (χ3n) is 5.01. The normalized spacial score (nSPS) is 10.6. The summed E-state index contributed by atoms with van der Waals surface area (Å²) in [5.41, 5.74) is 1.68. The van der Waals surface area contributed by atoms with Crippen LogP contribution in [0.25, 0.3) is 0 Å². The second-order valence-electron chi connectivity index (χ2n) is 7.65. The van der Waals surface area contributed by atoms with E-state index >= 15 is 0 Å². The van der Waals surface area contributed by atoms with E-state index in [1.807, 2.05) is 24.3 Å². The highest BCUT2D eigenvalue weighted by Crippen LogP contribution is 2.18. The van der Waals surface area contributed by atoms with Gasteiger partial charge in [-0.05, 0) is 61.2 Å². The van der Waals surface area contributed by atoms with E-state index in [0.29, 0.717) is 23.5 Å². The molecule has 162 valence electrons. The van der Waals surface area contributed by atoms with Crippen LogP contribution in [-0.2, 0) is 11.2 Å². The number of rotatable bonds is 13. The molecule has 0 radical (unpaired) electrons. The molecule has 2 rings (SSSR count). The zero-order chi connectivity index (χ0) is 21.6. The zero-order valence-electron chi connectivity index (χ0n) is 18.3. The Bertz CT molecular complexity index is 763. The summed E-state index contributed by atoms with van der Waals surface area (Å²) in [5.74, 6) is 0.296. The van der Waals surface area contributed by atoms with E-state index in [9.17, 15) is 9.59 Å². The molecule has 0 saturated heterocycles. The van der Waals surface area contributed by atoms with Crippen LogP contribution in [0.15, 0.2) is 48.5 Å². The second kappa shape index (κ2) is 13.6. The van der Waals surface area contributed by atoms with E-state index < -0.39 is 5.97 Å². The van der Waals surface area contributed by atoms with Crippen LogP contribution in [0.1, 0.15) is 87.6 Å². The zero-order valence-corrected chi connectivity index (χ0v) is 18.3. The second-order valence-corrected chi connectivity index (χ2v) is 7.65. The molecule has 0 aliphatic heterocycles. The minimum Gasteiger partial charge on any atom is -0.427 e. The Morgan fingerprint density at radius 1 is 0.667 bits per heavy atom. The van der Waals surface area contributed by atoms with Crippen LogP contribution in [0, 0.1) is 0 Å². The molecular formula is C26H34O4. The quantitative estimate of drug-likeness (QED) is 0.205. The van der Waals surface area contributed by atoms with Gasteiger partial charge in [-0.1, -0.05) is 64.5 Å². The van der Waals surface area contributed by atoms with Gasteiger partial charge in [-0.3, -0.25) is 4.79 Å². The van der Waals surface area contributed by atoms with Crippen LogP contribution in [-0.4, -0.2) is 11.9 Å². The van der Waals surface area contributed by atoms with Crippen molar-refractivity contribution >= 4 is 11.9 Å². The van der Waals surface area contributed by atoms with Gasteiger partial charge in [0.25, 0.3) is 0 Å². The van der Waals surface area contributed by atoms with Gasteiger partial charge in [0.2, 0.25) is 0 Å². The van der Waals surface area contributed by atoms with E-state index in [1.54, 1.807) is 24.3 Å². The van der Waals surface area contributed by atoms with Crippen molar-refractivity contribution < 1.29 is 19.1 Å². The highest BCUT2D eigenvalue weighted by atomic mass is 16.5. The topological polar surface area (TPSA) is 52.6 Å². The summed E-state index contributed by atoms with van der Waals surface area (Å²) in [6.45, 7) is 4.31. The van der Waals surface area contributed by atoms with Crippen molar-refractivity contribution in [3.8, 4) is 11.5 Å². The van der Waals surface area contributed by atoms with Gasteiger partial charge in [-0.2, -0.15) is 0 Å². The molecule has 4 nitrogen and oxygen atoms in total. The predicted molar refractivity (Wildman–Crippen MR) is 120 cm³/mol. The van der Waals surface area contributed by atoms with Crippen LogP contribution >= 0.6 is 0 Å². The van der Waals surface area contributed by atoms with Gasteiger partial charge in [0, 0.05) is 6.42 Å². The Hall–Kier alpha value is -2.62. The first-order valence-electron chi connectivity index (χ1n) is 11.2. The van der Waals surface area contributed by atoms with E-state index in [2.05, 4.69) is 13.8 Å². The molecule has 2 aromatic rings. The maximum absolute atomic E-state index is 12.3. The third kappa shape index (κ3) is 8.81. The largest absolute Gasteiger partial charge is 0.427 e. The van der Waals surface area contributed by atoms with Crippen molar-refractivity contribution in [1.29, 1.82) is 0 Å². The van der Waals surface area contributed by atoms with E-state index in [0.717, 1.165) is 25.7 Å². The Kier molecular flexibility index (Phi) is 10.7. The smallest absolute Gasteiger partial charge is 0.343 e. The van der Waals surface area contributed by atoms with Gasteiger partial charge >= 0.3 is 11.9 Å². The molecule has 0 saturated carbocycles. The summed E-state index contributed by atoms with van der Waals surface area (Å²) >= 11 is 0. The fraction of sp³-hybridized carbons (Fsp3) is 0.462. The van der Waals surface area contributed by atoms with Crippen molar-refractivity contribution in [2.75, 3.05) is 0 Å². The van der Waals surface area contributed by atoms with E-state index in [-0.39, 0.29) is 5.97 Å². The number of hydrogen-bond acceptors (Lipinski definition) is 4. The van der Waals surface area contributed by atoms with Gasteiger partial charge < -0.3 is 9.47 Å². The fourth-order valence-corrected chi connectivity index (χ4v) is 3.18. The molecular weight excluding hydrogens is 376 g/mol. The lowest BCUT2D eigenvalue weighted by atomic mass is 10.1. The molecule has 0 heterocycles.